The third kappa shape index (κ3) is 9.26. The summed E-state index contributed by atoms with van der Waals surface area (Å²) >= 11 is 1.85. The summed E-state index contributed by atoms with van der Waals surface area (Å²) in [7, 11) is 0. The highest BCUT2D eigenvalue weighted by atomic mass is 32.1. The van der Waals surface area contributed by atoms with Crippen LogP contribution < -0.4 is 4.90 Å². The van der Waals surface area contributed by atoms with Gasteiger partial charge in [0, 0.05) is 49.6 Å². The number of hydrogen-bond donors (Lipinski definition) is 2. The van der Waals surface area contributed by atoms with Crippen molar-refractivity contribution in [2.24, 2.45) is 0 Å². The first kappa shape index (κ1) is 29.3. The number of carboxylic acids is 2. The van der Waals surface area contributed by atoms with Gasteiger partial charge < -0.3 is 15.1 Å². The second-order valence-electron chi connectivity index (χ2n) is 7.78. The number of aromatic nitrogens is 2. The third-order valence-corrected chi connectivity index (χ3v) is 6.07. The fraction of sp³-hybridized carbons (Fsp3) is 0.524. The van der Waals surface area contributed by atoms with Gasteiger partial charge in [-0.05, 0) is 30.7 Å². The molecule has 0 radical (unpaired) electrons. The van der Waals surface area contributed by atoms with Gasteiger partial charge in [-0.25, -0.2) is 19.6 Å². The van der Waals surface area contributed by atoms with Crippen molar-refractivity contribution in [1.29, 1.82) is 0 Å². The maximum Gasteiger partial charge on any atom is 0.490 e. The zero-order valence-electron chi connectivity index (χ0n) is 18.8. The molecule has 2 aliphatic heterocycles. The van der Waals surface area contributed by atoms with E-state index in [0.717, 1.165) is 45.6 Å². The zero-order valence-corrected chi connectivity index (χ0v) is 19.7. The Morgan fingerprint density at radius 1 is 0.917 bits per heavy atom. The maximum absolute atomic E-state index is 10.6. The Bertz CT molecular complexity index is 971. The number of carbonyl (C=O) groups is 2. The highest BCUT2D eigenvalue weighted by molar-refractivity contribution is 7.09. The van der Waals surface area contributed by atoms with E-state index in [4.69, 9.17) is 19.8 Å². The Labute approximate surface area is 206 Å². The van der Waals surface area contributed by atoms with E-state index in [1.54, 1.807) is 6.33 Å². The van der Waals surface area contributed by atoms with Crippen molar-refractivity contribution in [2.75, 3.05) is 31.1 Å². The van der Waals surface area contributed by atoms with Crippen molar-refractivity contribution in [3.63, 3.8) is 0 Å². The number of halogens is 6. The molecule has 0 amide bonds. The number of anilines is 1. The van der Waals surface area contributed by atoms with E-state index in [1.807, 2.05) is 11.3 Å². The molecule has 2 aromatic rings. The van der Waals surface area contributed by atoms with E-state index in [0.29, 0.717) is 0 Å². The molecule has 15 heteroatoms. The molecule has 4 heterocycles. The van der Waals surface area contributed by atoms with Crippen LogP contribution in [0.3, 0.4) is 0 Å². The van der Waals surface area contributed by atoms with Crippen LogP contribution in [-0.2, 0) is 29.0 Å². The Kier molecular flexibility index (Phi) is 10.5. The number of rotatable bonds is 3. The van der Waals surface area contributed by atoms with Crippen molar-refractivity contribution in [1.82, 2.24) is 14.9 Å². The lowest BCUT2D eigenvalue weighted by molar-refractivity contribution is -0.193. The minimum Gasteiger partial charge on any atom is -0.475 e. The molecule has 1 fully saturated rings. The molecular formula is C21H24F6N4O4S. The molecule has 0 atom stereocenters. The smallest absolute Gasteiger partial charge is 0.475 e. The summed E-state index contributed by atoms with van der Waals surface area (Å²) in [6, 6.07) is 4.38. The van der Waals surface area contributed by atoms with Crippen molar-refractivity contribution >= 4 is 29.1 Å². The normalized spacial score (nSPS) is 16.1. The summed E-state index contributed by atoms with van der Waals surface area (Å²) in [5.74, 6) is -4.31. The van der Waals surface area contributed by atoms with Gasteiger partial charge in [0.05, 0.1) is 5.69 Å². The van der Waals surface area contributed by atoms with Gasteiger partial charge in [0.15, 0.2) is 0 Å². The predicted molar refractivity (Wildman–Crippen MR) is 118 cm³/mol. The molecule has 2 aromatic heterocycles. The monoisotopic (exact) mass is 542 g/mol. The van der Waals surface area contributed by atoms with Gasteiger partial charge in [-0.1, -0.05) is 6.07 Å². The van der Waals surface area contributed by atoms with Crippen molar-refractivity contribution in [3.05, 3.63) is 40.0 Å². The van der Waals surface area contributed by atoms with Crippen LogP contribution in [0.25, 0.3) is 0 Å². The topological polar surface area (TPSA) is 107 Å². The number of hydrogen-bond acceptors (Lipinski definition) is 7. The molecule has 200 valence electrons. The fourth-order valence-electron chi connectivity index (χ4n) is 3.54. The van der Waals surface area contributed by atoms with Crippen LogP contribution in [0.5, 0.6) is 0 Å². The predicted octanol–water partition coefficient (Wildman–Crippen LogP) is 4.01. The molecular weight excluding hydrogens is 518 g/mol. The molecule has 0 spiro atoms. The van der Waals surface area contributed by atoms with E-state index in [1.165, 1.54) is 34.8 Å². The summed E-state index contributed by atoms with van der Waals surface area (Å²) in [4.78, 5) is 33.5. The van der Waals surface area contributed by atoms with Gasteiger partial charge in [0.1, 0.15) is 12.1 Å². The lowest BCUT2D eigenvalue weighted by Crippen LogP contribution is -2.25. The summed E-state index contributed by atoms with van der Waals surface area (Å²) in [6.07, 6.45) is -3.69. The van der Waals surface area contributed by atoms with Crippen molar-refractivity contribution in [2.45, 2.75) is 44.6 Å². The van der Waals surface area contributed by atoms with Gasteiger partial charge >= 0.3 is 24.3 Å². The number of thiophene rings is 1. The second kappa shape index (κ2) is 12.9. The van der Waals surface area contributed by atoms with E-state index in [-0.39, 0.29) is 0 Å². The Morgan fingerprint density at radius 3 is 1.97 bits per heavy atom. The molecule has 0 unspecified atom stereocenters. The van der Waals surface area contributed by atoms with Gasteiger partial charge in [-0.15, -0.1) is 11.3 Å². The summed E-state index contributed by atoms with van der Waals surface area (Å²) in [5.41, 5.74) is 2.67. The zero-order chi connectivity index (χ0) is 26.9. The number of carboxylic acid groups (broad SMARTS) is 2. The summed E-state index contributed by atoms with van der Waals surface area (Å²) in [6.45, 7) is 5.59. The summed E-state index contributed by atoms with van der Waals surface area (Å²) in [5, 5.41) is 16.4. The first-order chi connectivity index (χ1) is 16.8. The highest BCUT2D eigenvalue weighted by Gasteiger charge is 2.38. The van der Waals surface area contributed by atoms with Crippen LogP contribution >= 0.6 is 11.3 Å². The Hall–Kier alpha value is -2.94. The van der Waals surface area contributed by atoms with Crippen molar-refractivity contribution in [3.8, 4) is 0 Å². The number of nitrogens with zero attached hydrogens (tertiary/aromatic N) is 4. The van der Waals surface area contributed by atoms with Crippen LogP contribution in [0.1, 0.15) is 29.0 Å². The molecule has 2 aliphatic rings. The molecule has 0 saturated carbocycles. The summed E-state index contributed by atoms with van der Waals surface area (Å²) < 4.78 is 63.5. The van der Waals surface area contributed by atoms with Gasteiger partial charge in [0.25, 0.3) is 0 Å². The molecule has 8 nitrogen and oxygen atoms in total. The lowest BCUT2D eigenvalue weighted by Gasteiger charge is -2.21. The number of alkyl halides is 6. The van der Waals surface area contributed by atoms with Crippen LogP contribution in [-0.4, -0.2) is 75.6 Å². The van der Waals surface area contributed by atoms with Crippen LogP contribution in [0.4, 0.5) is 32.2 Å². The number of fused-ring (bicyclic) bond motifs is 1. The molecule has 2 N–H and O–H groups in total. The SMILES string of the molecule is O=C(O)C(F)(F)F.O=C(O)C(F)(F)F.c1csc(CN2CCc3ncnc(N4CCCC4)c3CC2)c1. The van der Waals surface area contributed by atoms with Crippen molar-refractivity contribution < 1.29 is 46.1 Å². The average Bonchev–Trinajstić information content (AvgIpc) is 3.46. The molecule has 1 saturated heterocycles. The minimum absolute atomic E-state index is 1.05. The average molecular weight is 543 g/mol. The van der Waals surface area contributed by atoms with E-state index < -0.39 is 24.3 Å². The first-order valence-corrected chi connectivity index (χ1v) is 11.6. The second-order valence-corrected chi connectivity index (χ2v) is 8.81. The maximum atomic E-state index is 10.6. The fourth-order valence-corrected chi connectivity index (χ4v) is 4.28. The third-order valence-electron chi connectivity index (χ3n) is 5.20. The highest BCUT2D eigenvalue weighted by Crippen LogP contribution is 2.27. The van der Waals surface area contributed by atoms with E-state index in [2.05, 4.69) is 37.3 Å². The lowest BCUT2D eigenvalue weighted by atomic mass is 10.1. The molecule has 4 rings (SSSR count). The molecule has 0 aromatic carbocycles. The molecule has 0 aliphatic carbocycles. The number of aliphatic carboxylic acids is 2. The van der Waals surface area contributed by atoms with Crippen LogP contribution in [0, 0.1) is 0 Å². The quantitative estimate of drug-likeness (QED) is 0.561. The van der Waals surface area contributed by atoms with Gasteiger partial charge in [-0.2, -0.15) is 26.3 Å². The Morgan fingerprint density at radius 2 is 1.47 bits per heavy atom. The standard InChI is InChI=1S/C17H22N4S.2C2HF3O2/c1-2-8-21(7-1)17-15-5-9-20(12-14-4-3-11-22-14)10-6-16(15)18-13-19-17;2*3-2(4,5)1(6)7/h3-4,11,13H,1-2,5-10,12H2;2*(H,6,7). The van der Waals surface area contributed by atoms with E-state index >= 15 is 0 Å². The molecule has 0 bridgehead atoms. The van der Waals surface area contributed by atoms with Gasteiger partial charge in [-0.3, -0.25) is 4.90 Å². The Balaban J connectivity index is 0.000000271. The molecule has 36 heavy (non-hydrogen) atoms. The largest absolute Gasteiger partial charge is 0.490 e. The first-order valence-electron chi connectivity index (χ1n) is 10.7. The van der Waals surface area contributed by atoms with Crippen LogP contribution in [0.2, 0.25) is 0 Å². The van der Waals surface area contributed by atoms with Crippen LogP contribution in [0.15, 0.2) is 23.8 Å². The van der Waals surface area contributed by atoms with Gasteiger partial charge in [0.2, 0.25) is 0 Å². The minimum atomic E-state index is -5.08. The van der Waals surface area contributed by atoms with E-state index in [9.17, 15) is 26.3 Å².